The summed E-state index contributed by atoms with van der Waals surface area (Å²) >= 11 is 9.60. The number of hydrogen-bond donors (Lipinski definition) is 1. The number of aryl methyl sites for hydroxylation is 1. The number of halogens is 4. The van der Waals surface area contributed by atoms with E-state index in [1.54, 1.807) is 30.2 Å². The lowest BCUT2D eigenvalue weighted by atomic mass is 10.1. The van der Waals surface area contributed by atoms with Crippen LogP contribution in [0.1, 0.15) is 18.2 Å². The predicted molar refractivity (Wildman–Crippen MR) is 101 cm³/mol. The number of anilines is 1. The molecule has 3 rings (SSSR count). The van der Waals surface area contributed by atoms with Crippen molar-refractivity contribution in [2.45, 2.75) is 26.7 Å². The molecule has 1 atom stereocenters. The highest BCUT2D eigenvalue weighted by molar-refractivity contribution is 9.10. The van der Waals surface area contributed by atoms with E-state index in [2.05, 4.69) is 25.9 Å². The van der Waals surface area contributed by atoms with Gasteiger partial charge in [0.15, 0.2) is 12.0 Å². The Labute approximate surface area is 168 Å². The maximum atomic E-state index is 13.7. The summed E-state index contributed by atoms with van der Waals surface area (Å²) in [5.41, 5.74) is 2.17. The Balaban J connectivity index is 1.85. The van der Waals surface area contributed by atoms with Crippen molar-refractivity contribution in [2.75, 3.05) is 4.90 Å². The quantitative estimate of drug-likeness (QED) is 0.682. The number of allylic oxidation sites excluding steroid dienone is 2. The van der Waals surface area contributed by atoms with Crippen LogP contribution >= 0.6 is 27.5 Å². The summed E-state index contributed by atoms with van der Waals surface area (Å²) in [7, 11) is 0. The fraction of sp³-hybridized carbons (Fsp3) is 0.222. The van der Waals surface area contributed by atoms with Gasteiger partial charge in [0, 0.05) is 24.0 Å². The van der Waals surface area contributed by atoms with Crippen LogP contribution in [0.4, 0.5) is 14.5 Å². The van der Waals surface area contributed by atoms with E-state index < -0.39 is 17.9 Å². The van der Waals surface area contributed by atoms with Crippen molar-refractivity contribution in [1.29, 1.82) is 0 Å². The number of aromatic nitrogens is 2. The number of hydrogen-bond acceptors (Lipinski definition) is 5. The van der Waals surface area contributed by atoms with Crippen molar-refractivity contribution >= 4 is 33.2 Å². The number of aliphatic hydroxyl groups is 1. The minimum atomic E-state index is -1.19. The van der Waals surface area contributed by atoms with E-state index in [4.69, 9.17) is 16.3 Å². The third-order valence-corrected chi connectivity index (χ3v) is 4.79. The van der Waals surface area contributed by atoms with Crippen molar-refractivity contribution in [3.05, 3.63) is 74.6 Å². The van der Waals surface area contributed by atoms with Crippen LogP contribution in [0.3, 0.4) is 0 Å². The van der Waals surface area contributed by atoms with E-state index >= 15 is 0 Å². The number of ether oxygens (including phenoxy) is 1. The topological polar surface area (TPSA) is 58.5 Å². The lowest BCUT2D eigenvalue weighted by molar-refractivity contribution is 0.173. The minimum Gasteiger partial charge on any atom is -0.486 e. The zero-order valence-electron chi connectivity index (χ0n) is 14.4. The van der Waals surface area contributed by atoms with Gasteiger partial charge < -0.3 is 14.7 Å². The lowest BCUT2D eigenvalue weighted by Gasteiger charge is -2.35. The van der Waals surface area contributed by atoms with Crippen molar-refractivity contribution in [3.63, 3.8) is 0 Å². The number of rotatable bonds is 4. The first kappa shape index (κ1) is 19.7. The molecule has 1 aliphatic heterocycles. The smallest absolute Gasteiger partial charge is 0.171 e. The first-order chi connectivity index (χ1) is 12.8. The van der Waals surface area contributed by atoms with Gasteiger partial charge in [0.1, 0.15) is 33.5 Å². The highest BCUT2D eigenvalue weighted by Gasteiger charge is 2.29. The van der Waals surface area contributed by atoms with Gasteiger partial charge in [-0.05, 0) is 41.4 Å². The van der Waals surface area contributed by atoms with E-state index in [1.165, 1.54) is 0 Å². The molecule has 1 N–H and O–H groups in total. The highest BCUT2D eigenvalue weighted by atomic mass is 79.9. The summed E-state index contributed by atoms with van der Waals surface area (Å²) in [6.45, 7) is 3.38. The monoisotopic (exact) mass is 457 g/mol. The Bertz CT molecular complexity index is 952. The number of nitrogens with zero attached hydrogens (tertiary/aromatic N) is 3. The van der Waals surface area contributed by atoms with E-state index in [0.717, 1.165) is 23.5 Å². The minimum absolute atomic E-state index is 0.0375. The molecule has 0 spiro atoms. The van der Waals surface area contributed by atoms with Crippen LogP contribution in [-0.2, 0) is 11.3 Å². The molecule has 0 radical (unpaired) electrons. The van der Waals surface area contributed by atoms with Crippen LogP contribution < -0.4 is 4.90 Å². The van der Waals surface area contributed by atoms with Crippen LogP contribution in [0.25, 0.3) is 0 Å². The Hall–Kier alpha value is -2.03. The van der Waals surface area contributed by atoms with Crippen LogP contribution in [0.5, 0.6) is 0 Å². The van der Waals surface area contributed by atoms with Gasteiger partial charge in [-0.1, -0.05) is 11.6 Å². The van der Waals surface area contributed by atoms with Crippen LogP contribution in [0.15, 0.2) is 51.7 Å². The Kier molecular flexibility index (Phi) is 5.78. The summed E-state index contributed by atoms with van der Waals surface area (Å²) in [5.74, 6) is -1.40. The van der Waals surface area contributed by atoms with Gasteiger partial charge in [-0.15, -0.1) is 0 Å². The second kappa shape index (κ2) is 7.92. The molecule has 0 amide bonds. The van der Waals surface area contributed by atoms with E-state index in [1.807, 2.05) is 6.92 Å². The summed E-state index contributed by atoms with van der Waals surface area (Å²) in [4.78, 5) is 9.44. The number of pyridine rings is 2. The predicted octanol–water partition coefficient (Wildman–Crippen LogP) is 4.54. The molecule has 2 aromatic heterocycles. The van der Waals surface area contributed by atoms with E-state index in [-0.39, 0.29) is 23.1 Å². The Morgan fingerprint density at radius 1 is 1.26 bits per heavy atom. The Morgan fingerprint density at radius 2 is 2.00 bits per heavy atom. The molecule has 1 aliphatic rings. The summed E-state index contributed by atoms with van der Waals surface area (Å²) in [6, 6.07) is 2.49. The molecule has 3 heterocycles. The van der Waals surface area contributed by atoms with Gasteiger partial charge in [0.05, 0.1) is 11.9 Å². The maximum Gasteiger partial charge on any atom is 0.171 e. The van der Waals surface area contributed by atoms with E-state index in [9.17, 15) is 13.9 Å². The van der Waals surface area contributed by atoms with Crippen LogP contribution in [0.2, 0.25) is 0 Å². The summed E-state index contributed by atoms with van der Waals surface area (Å²) in [6.07, 6.45) is 3.02. The van der Waals surface area contributed by atoms with Gasteiger partial charge >= 0.3 is 0 Å². The normalized spacial score (nSPS) is 17.2. The van der Waals surface area contributed by atoms with Crippen LogP contribution in [0, 0.1) is 18.6 Å². The molecular weight excluding hydrogens is 444 g/mol. The first-order valence-electron chi connectivity index (χ1n) is 7.88. The number of aliphatic hydroxyl groups excluding tert-OH is 1. The van der Waals surface area contributed by atoms with Crippen molar-refractivity contribution in [2.24, 2.45) is 0 Å². The molecule has 0 saturated carbocycles. The van der Waals surface area contributed by atoms with Crippen molar-refractivity contribution in [3.8, 4) is 0 Å². The second-order valence-corrected chi connectivity index (χ2v) is 7.13. The maximum absolute atomic E-state index is 13.7. The first-order valence-corrected chi connectivity index (χ1v) is 9.05. The fourth-order valence-corrected chi connectivity index (χ4v) is 3.16. The zero-order chi connectivity index (χ0) is 19.7. The molecule has 0 bridgehead atoms. The Morgan fingerprint density at radius 3 is 2.70 bits per heavy atom. The molecule has 142 valence electrons. The fourth-order valence-electron chi connectivity index (χ4n) is 2.64. The highest BCUT2D eigenvalue weighted by Crippen LogP contribution is 2.35. The van der Waals surface area contributed by atoms with Gasteiger partial charge in [0.2, 0.25) is 0 Å². The summed E-state index contributed by atoms with van der Waals surface area (Å²) < 4.78 is 32.8. The molecule has 0 aromatic carbocycles. The largest absolute Gasteiger partial charge is 0.486 e. The lowest BCUT2D eigenvalue weighted by Crippen LogP contribution is -2.37. The molecule has 27 heavy (non-hydrogen) atoms. The van der Waals surface area contributed by atoms with Gasteiger partial charge in [-0.3, -0.25) is 4.98 Å². The van der Waals surface area contributed by atoms with E-state index in [0.29, 0.717) is 10.3 Å². The molecule has 1 unspecified atom stereocenters. The average molecular weight is 459 g/mol. The third kappa shape index (κ3) is 4.12. The molecule has 0 fully saturated rings. The second-order valence-electron chi connectivity index (χ2n) is 5.91. The summed E-state index contributed by atoms with van der Waals surface area (Å²) in [5, 5.41) is 10.7. The van der Waals surface area contributed by atoms with Gasteiger partial charge in [0.25, 0.3) is 0 Å². The SMILES string of the molecule is CC1=CC(OCc2ncc(F)cc2F)=C(Cl)C(O)N1c1cc(Br)ncc1C. The molecule has 0 saturated heterocycles. The van der Waals surface area contributed by atoms with Gasteiger partial charge in [-0.25, -0.2) is 13.8 Å². The molecule has 0 aliphatic carbocycles. The molecular formula is C18H15BrClF2N3O2. The standard InChI is InChI=1S/C18H15BrClF2N3O2/c1-9-6-24-16(19)5-14(9)25-10(2)3-15(17(20)18(25)26)27-8-13-12(22)4-11(21)7-23-13/h3-7,18,26H,8H2,1-2H3. The van der Waals surface area contributed by atoms with Gasteiger partial charge in [-0.2, -0.15) is 0 Å². The van der Waals surface area contributed by atoms with Crippen molar-refractivity contribution < 1.29 is 18.6 Å². The van der Waals surface area contributed by atoms with Crippen LogP contribution in [-0.4, -0.2) is 21.3 Å². The van der Waals surface area contributed by atoms with Crippen molar-refractivity contribution in [1.82, 2.24) is 9.97 Å². The average Bonchev–Trinajstić information content (AvgIpc) is 2.61. The molecule has 2 aromatic rings. The molecule has 9 heteroatoms. The third-order valence-electron chi connectivity index (χ3n) is 3.98. The molecule has 5 nitrogen and oxygen atoms in total. The zero-order valence-corrected chi connectivity index (χ0v) is 16.7.